The molecule has 2 N–H and O–H groups in total. The van der Waals surface area contributed by atoms with E-state index in [0.717, 1.165) is 32.3 Å². The van der Waals surface area contributed by atoms with Gasteiger partial charge >= 0.3 is 0 Å². The second-order valence-electron chi connectivity index (χ2n) is 6.29. The monoisotopic (exact) mass is 348 g/mol. The van der Waals surface area contributed by atoms with Crippen molar-refractivity contribution < 1.29 is 19.1 Å². The SMILES string of the molecule is CCOc1ccccc1C(=O)NCC(=O)N[C@@H](C)CC[C@H]1CCCO1. The van der Waals surface area contributed by atoms with Gasteiger partial charge in [-0.15, -0.1) is 0 Å². The van der Waals surface area contributed by atoms with Crippen LogP contribution < -0.4 is 15.4 Å². The summed E-state index contributed by atoms with van der Waals surface area (Å²) in [5.74, 6) is 0.0149. The highest BCUT2D eigenvalue weighted by molar-refractivity contribution is 5.98. The summed E-state index contributed by atoms with van der Waals surface area (Å²) in [4.78, 5) is 24.3. The normalized spacial score (nSPS) is 17.8. The van der Waals surface area contributed by atoms with E-state index in [0.29, 0.717) is 24.0 Å². The third-order valence-corrected chi connectivity index (χ3v) is 4.19. The zero-order chi connectivity index (χ0) is 18.1. The Labute approximate surface area is 149 Å². The van der Waals surface area contributed by atoms with Crippen molar-refractivity contribution in [1.82, 2.24) is 10.6 Å². The first-order chi connectivity index (χ1) is 12.1. The van der Waals surface area contributed by atoms with Crippen LogP contribution in [0.2, 0.25) is 0 Å². The molecule has 1 saturated heterocycles. The van der Waals surface area contributed by atoms with E-state index >= 15 is 0 Å². The van der Waals surface area contributed by atoms with Gasteiger partial charge < -0.3 is 20.1 Å². The van der Waals surface area contributed by atoms with E-state index in [4.69, 9.17) is 9.47 Å². The summed E-state index contributed by atoms with van der Waals surface area (Å²) < 4.78 is 11.0. The van der Waals surface area contributed by atoms with Gasteiger partial charge in [-0.25, -0.2) is 0 Å². The number of amides is 2. The molecule has 2 amide bonds. The lowest BCUT2D eigenvalue weighted by Gasteiger charge is -2.16. The van der Waals surface area contributed by atoms with Crippen LogP contribution in [-0.2, 0) is 9.53 Å². The molecule has 1 aromatic carbocycles. The number of ether oxygens (including phenoxy) is 2. The van der Waals surface area contributed by atoms with Crippen molar-refractivity contribution in [2.45, 2.75) is 51.7 Å². The van der Waals surface area contributed by atoms with Crippen molar-refractivity contribution in [3.05, 3.63) is 29.8 Å². The minimum Gasteiger partial charge on any atom is -0.493 e. The summed E-state index contributed by atoms with van der Waals surface area (Å²) in [7, 11) is 0. The average molecular weight is 348 g/mol. The molecule has 6 nitrogen and oxygen atoms in total. The fourth-order valence-corrected chi connectivity index (χ4v) is 2.90. The Morgan fingerprint density at radius 2 is 2.16 bits per heavy atom. The summed E-state index contributed by atoms with van der Waals surface area (Å²) >= 11 is 0. The molecular weight excluding hydrogens is 320 g/mol. The molecule has 1 aliphatic rings. The van der Waals surface area contributed by atoms with Gasteiger partial charge in [-0.05, 0) is 51.7 Å². The Morgan fingerprint density at radius 1 is 1.36 bits per heavy atom. The smallest absolute Gasteiger partial charge is 0.255 e. The second kappa shape index (κ2) is 10.0. The van der Waals surface area contributed by atoms with Crippen LogP contribution in [0.4, 0.5) is 0 Å². The number of carbonyl (C=O) groups is 2. The Hall–Kier alpha value is -2.08. The molecular formula is C19H28N2O4. The highest BCUT2D eigenvalue weighted by Crippen LogP contribution is 2.18. The maximum absolute atomic E-state index is 12.2. The molecule has 25 heavy (non-hydrogen) atoms. The lowest BCUT2D eigenvalue weighted by molar-refractivity contribution is -0.120. The summed E-state index contributed by atoms with van der Waals surface area (Å²) in [5, 5.41) is 5.55. The van der Waals surface area contributed by atoms with E-state index in [2.05, 4.69) is 10.6 Å². The van der Waals surface area contributed by atoms with Crippen LogP contribution >= 0.6 is 0 Å². The van der Waals surface area contributed by atoms with Crippen molar-refractivity contribution in [3.8, 4) is 5.75 Å². The standard InChI is InChI=1S/C19H28N2O4/c1-3-24-17-9-5-4-8-16(17)19(23)20-13-18(22)21-14(2)10-11-15-7-6-12-25-15/h4-5,8-9,14-15H,3,6-7,10-13H2,1-2H3,(H,20,23)(H,21,22)/t14-,15+/m0/s1. The Kier molecular flexibility index (Phi) is 7.73. The van der Waals surface area contributed by atoms with Crippen molar-refractivity contribution in [2.75, 3.05) is 19.8 Å². The maximum Gasteiger partial charge on any atom is 0.255 e. The van der Waals surface area contributed by atoms with Gasteiger partial charge in [-0.2, -0.15) is 0 Å². The van der Waals surface area contributed by atoms with Crippen molar-refractivity contribution in [3.63, 3.8) is 0 Å². The van der Waals surface area contributed by atoms with Gasteiger partial charge in [0.15, 0.2) is 0 Å². The van der Waals surface area contributed by atoms with Crippen LogP contribution in [-0.4, -0.2) is 43.7 Å². The predicted molar refractivity (Wildman–Crippen MR) is 95.8 cm³/mol. The van der Waals surface area contributed by atoms with Crippen molar-refractivity contribution in [2.24, 2.45) is 0 Å². The second-order valence-corrected chi connectivity index (χ2v) is 6.29. The van der Waals surface area contributed by atoms with E-state index in [9.17, 15) is 9.59 Å². The first-order valence-electron chi connectivity index (χ1n) is 9.01. The van der Waals surface area contributed by atoms with E-state index in [-0.39, 0.29) is 24.4 Å². The quantitative estimate of drug-likeness (QED) is 0.718. The first-order valence-corrected chi connectivity index (χ1v) is 9.01. The van der Waals surface area contributed by atoms with Gasteiger partial charge in [0, 0.05) is 12.6 Å². The number of benzene rings is 1. The van der Waals surface area contributed by atoms with Crippen LogP contribution in [0.1, 0.15) is 49.9 Å². The molecule has 0 aromatic heterocycles. The molecule has 1 heterocycles. The van der Waals surface area contributed by atoms with Gasteiger partial charge in [-0.1, -0.05) is 12.1 Å². The highest BCUT2D eigenvalue weighted by atomic mass is 16.5. The predicted octanol–water partition coefficient (Wildman–Crippen LogP) is 2.28. The number of nitrogens with one attached hydrogen (secondary N) is 2. The molecule has 6 heteroatoms. The summed E-state index contributed by atoms with van der Waals surface area (Å²) in [6, 6.07) is 7.06. The number of hydrogen-bond donors (Lipinski definition) is 2. The largest absolute Gasteiger partial charge is 0.493 e. The van der Waals surface area contributed by atoms with E-state index in [1.54, 1.807) is 18.2 Å². The zero-order valence-corrected chi connectivity index (χ0v) is 15.0. The Morgan fingerprint density at radius 3 is 2.88 bits per heavy atom. The third-order valence-electron chi connectivity index (χ3n) is 4.19. The van der Waals surface area contributed by atoms with Crippen LogP contribution in [0, 0.1) is 0 Å². The first kappa shape index (κ1) is 19.2. The minimum absolute atomic E-state index is 0.0520. The molecule has 0 saturated carbocycles. The van der Waals surface area contributed by atoms with E-state index < -0.39 is 0 Å². The van der Waals surface area contributed by atoms with Crippen LogP contribution in [0.15, 0.2) is 24.3 Å². The minimum atomic E-state index is -0.314. The molecule has 0 radical (unpaired) electrons. The average Bonchev–Trinajstić information content (AvgIpc) is 3.12. The molecule has 1 aliphatic heterocycles. The van der Waals surface area contributed by atoms with Gasteiger partial charge in [0.2, 0.25) is 5.91 Å². The highest BCUT2D eigenvalue weighted by Gasteiger charge is 2.18. The third kappa shape index (κ3) is 6.38. The fraction of sp³-hybridized carbons (Fsp3) is 0.579. The molecule has 138 valence electrons. The van der Waals surface area contributed by atoms with Gasteiger partial charge in [0.1, 0.15) is 5.75 Å². The molecule has 0 spiro atoms. The Bertz CT molecular complexity index is 570. The number of carbonyl (C=O) groups excluding carboxylic acids is 2. The summed E-state index contributed by atoms with van der Waals surface area (Å²) in [6.07, 6.45) is 4.39. The molecule has 2 atom stereocenters. The Balaban J connectivity index is 1.72. The zero-order valence-electron chi connectivity index (χ0n) is 15.0. The van der Waals surface area contributed by atoms with E-state index in [1.165, 1.54) is 0 Å². The topological polar surface area (TPSA) is 76.7 Å². The lowest BCUT2D eigenvalue weighted by Crippen LogP contribution is -2.41. The maximum atomic E-state index is 12.2. The molecule has 1 fully saturated rings. The van der Waals surface area contributed by atoms with Crippen molar-refractivity contribution >= 4 is 11.8 Å². The number of hydrogen-bond acceptors (Lipinski definition) is 4. The summed E-state index contributed by atoms with van der Waals surface area (Å²) in [5.41, 5.74) is 0.434. The van der Waals surface area contributed by atoms with Crippen LogP contribution in [0.25, 0.3) is 0 Å². The van der Waals surface area contributed by atoms with Gasteiger partial charge in [0.05, 0.1) is 24.8 Å². The summed E-state index contributed by atoms with van der Waals surface area (Å²) in [6.45, 7) is 5.11. The van der Waals surface area contributed by atoms with Crippen LogP contribution in [0.3, 0.4) is 0 Å². The molecule has 0 bridgehead atoms. The van der Waals surface area contributed by atoms with Crippen molar-refractivity contribution in [1.29, 1.82) is 0 Å². The van der Waals surface area contributed by atoms with Gasteiger partial charge in [0.25, 0.3) is 5.91 Å². The molecule has 0 aliphatic carbocycles. The lowest BCUT2D eigenvalue weighted by atomic mass is 10.1. The number of rotatable bonds is 9. The molecule has 0 unspecified atom stereocenters. The molecule has 1 aromatic rings. The molecule has 2 rings (SSSR count). The van der Waals surface area contributed by atoms with E-state index in [1.807, 2.05) is 19.9 Å². The van der Waals surface area contributed by atoms with Crippen LogP contribution in [0.5, 0.6) is 5.75 Å². The fourth-order valence-electron chi connectivity index (χ4n) is 2.90. The number of para-hydroxylation sites is 1. The van der Waals surface area contributed by atoms with Gasteiger partial charge in [-0.3, -0.25) is 9.59 Å².